The van der Waals surface area contributed by atoms with Crippen molar-refractivity contribution in [2.24, 2.45) is 0 Å². The second kappa shape index (κ2) is 9.58. The van der Waals surface area contributed by atoms with Crippen LogP contribution in [-0.4, -0.2) is 41.2 Å². The third kappa shape index (κ3) is 4.66. The summed E-state index contributed by atoms with van der Waals surface area (Å²) in [7, 11) is 0. The number of ether oxygens (including phenoxy) is 2. The second-order valence-corrected chi connectivity index (χ2v) is 7.77. The smallest absolute Gasteiger partial charge is 0.329 e. The Morgan fingerprint density at radius 1 is 0.912 bits per heavy atom. The number of hydrogen-bond donors (Lipinski definition) is 1. The van der Waals surface area contributed by atoms with Crippen LogP contribution in [0.1, 0.15) is 33.2 Å². The number of amides is 3. The fourth-order valence-electron chi connectivity index (χ4n) is 3.55. The average molecular weight is 458 g/mol. The first-order chi connectivity index (χ1) is 16.3. The molecule has 0 spiro atoms. The van der Waals surface area contributed by atoms with Gasteiger partial charge in [0.15, 0.2) is 12.4 Å². The highest BCUT2D eigenvalue weighted by Crippen LogP contribution is 2.29. The van der Waals surface area contributed by atoms with Crippen molar-refractivity contribution in [3.63, 3.8) is 0 Å². The zero-order valence-electron chi connectivity index (χ0n) is 18.6. The van der Waals surface area contributed by atoms with Gasteiger partial charge in [0.2, 0.25) is 0 Å². The summed E-state index contributed by atoms with van der Waals surface area (Å²) in [6.07, 6.45) is 0. The van der Waals surface area contributed by atoms with Crippen molar-refractivity contribution in [2.45, 2.75) is 19.9 Å². The molecule has 0 saturated heterocycles. The Bertz CT molecular complexity index is 1270. The molecule has 1 aliphatic rings. The first-order valence-electron chi connectivity index (χ1n) is 10.6. The summed E-state index contributed by atoms with van der Waals surface area (Å²) in [6.45, 7) is 2.60. The molecule has 1 aliphatic heterocycles. The maximum atomic E-state index is 12.7. The maximum absolute atomic E-state index is 12.7. The Hall–Kier alpha value is -4.46. The van der Waals surface area contributed by atoms with Gasteiger partial charge in [-0.1, -0.05) is 42.0 Å². The highest BCUT2D eigenvalue weighted by molar-refractivity contribution is 6.22. The van der Waals surface area contributed by atoms with Gasteiger partial charge in [-0.25, -0.2) is 4.79 Å². The van der Waals surface area contributed by atoms with Gasteiger partial charge in [0.25, 0.3) is 17.7 Å². The molecule has 0 fully saturated rings. The number of hydrogen-bond acceptors (Lipinski definition) is 6. The Morgan fingerprint density at radius 2 is 1.59 bits per heavy atom. The maximum Gasteiger partial charge on any atom is 0.329 e. The Balaban J connectivity index is 1.36. The first kappa shape index (κ1) is 22.7. The van der Waals surface area contributed by atoms with Crippen LogP contribution in [0.15, 0.2) is 72.8 Å². The summed E-state index contributed by atoms with van der Waals surface area (Å²) in [5, 5.41) is 2.64. The Morgan fingerprint density at radius 3 is 2.35 bits per heavy atom. The van der Waals surface area contributed by atoms with Crippen LogP contribution in [0, 0.1) is 6.92 Å². The number of fused-ring (bicyclic) bond motifs is 1. The quantitative estimate of drug-likeness (QED) is 0.425. The number of imide groups is 1. The van der Waals surface area contributed by atoms with Crippen molar-refractivity contribution in [1.29, 1.82) is 0 Å². The van der Waals surface area contributed by atoms with Crippen LogP contribution >= 0.6 is 0 Å². The SMILES string of the molecule is Cc1ccc2c(c1)C(=O)N(C(C)C(=O)OCC(=O)Nc1ccccc1Oc1ccccc1)C2=O. The standard InChI is InChI=1S/C26H22N2O6/c1-16-12-13-19-20(14-16)25(31)28(24(19)30)17(2)26(32)33-15-23(29)27-21-10-6-7-11-22(21)34-18-8-4-3-5-9-18/h3-14,17H,15H2,1-2H3,(H,27,29). The molecule has 0 aliphatic carbocycles. The highest BCUT2D eigenvalue weighted by atomic mass is 16.5. The van der Waals surface area contributed by atoms with E-state index in [4.69, 9.17) is 9.47 Å². The number of para-hydroxylation sites is 3. The van der Waals surface area contributed by atoms with Gasteiger partial charge in [-0.3, -0.25) is 19.3 Å². The fourth-order valence-corrected chi connectivity index (χ4v) is 3.55. The average Bonchev–Trinajstić information content (AvgIpc) is 3.08. The van der Waals surface area contributed by atoms with Gasteiger partial charge in [0.1, 0.15) is 11.8 Å². The normalized spacial score (nSPS) is 13.3. The van der Waals surface area contributed by atoms with Crippen LogP contribution in [0.4, 0.5) is 5.69 Å². The molecule has 1 N–H and O–H groups in total. The van der Waals surface area contributed by atoms with Crippen LogP contribution < -0.4 is 10.1 Å². The van der Waals surface area contributed by atoms with Crippen molar-refractivity contribution in [2.75, 3.05) is 11.9 Å². The molecule has 1 heterocycles. The number of esters is 1. The highest BCUT2D eigenvalue weighted by Gasteiger charge is 2.41. The molecule has 3 aromatic rings. The largest absolute Gasteiger partial charge is 0.455 e. The minimum absolute atomic E-state index is 0.239. The lowest BCUT2D eigenvalue weighted by molar-refractivity contribution is -0.150. The molecular weight excluding hydrogens is 436 g/mol. The van der Waals surface area contributed by atoms with E-state index in [1.807, 2.05) is 18.2 Å². The van der Waals surface area contributed by atoms with Gasteiger partial charge < -0.3 is 14.8 Å². The predicted molar refractivity (Wildman–Crippen MR) is 124 cm³/mol. The molecule has 172 valence electrons. The number of carbonyl (C=O) groups excluding carboxylic acids is 4. The summed E-state index contributed by atoms with van der Waals surface area (Å²) in [5.41, 5.74) is 1.71. The molecule has 8 heteroatoms. The summed E-state index contributed by atoms with van der Waals surface area (Å²) in [5.74, 6) is -1.58. The molecule has 1 unspecified atom stereocenters. The van der Waals surface area contributed by atoms with Gasteiger partial charge in [-0.05, 0) is 50.2 Å². The number of aryl methyl sites for hydroxylation is 1. The van der Waals surface area contributed by atoms with E-state index in [2.05, 4.69) is 5.32 Å². The number of benzene rings is 3. The third-order valence-corrected chi connectivity index (χ3v) is 5.28. The van der Waals surface area contributed by atoms with E-state index < -0.39 is 36.3 Å². The van der Waals surface area contributed by atoms with Crippen molar-refractivity contribution >= 4 is 29.4 Å². The summed E-state index contributed by atoms with van der Waals surface area (Å²) < 4.78 is 10.9. The van der Waals surface area contributed by atoms with Gasteiger partial charge in [0, 0.05) is 0 Å². The minimum atomic E-state index is -1.19. The van der Waals surface area contributed by atoms with Gasteiger partial charge >= 0.3 is 5.97 Å². The van der Waals surface area contributed by atoms with Crippen molar-refractivity contribution in [3.8, 4) is 11.5 Å². The van der Waals surface area contributed by atoms with E-state index >= 15 is 0 Å². The molecular formula is C26H22N2O6. The van der Waals surface area contributed by atoms with Crippen molar-refractivity contribution in [1.82, 2.24) is 4.90 Å². The second-order valence-electron chi connectivity index (χ2n) is 7.77. The number of nitrogens with one attached hydrogen (secondary N) is 1. The lowest BCUT2D eigenvalue weighted by atomic mass is 10.1. The monoisotopic (exact) mass is 458 g/mol. The number of anilines is 1. The lowest BCUT2D eigenvalue weighted by Crippen LogP contribution is -2.44. The van der Waals surface area contributed by atoms with Crippen molar-refractivity contribution in [3.05, 3.63) is 89.5 Å². The first-order valence-corrected chi connectivity index (χ1v) is 10.6. The van der Waals surface area contributed by atoms with Crippen LogP contribution in [0.2, 0.25) is 0 Å². The zero-order chi connectivity index (χ0) is 24.2. The van der Waals surface area contributed by atoms with Gasteiger partial charge in [-0.15, -0.1) is 0 Å². The molecule has 4 rings (SSSR count). The molecule has 0 bridgehead atoms. The van der Waals surface area contributed by atoms with E-state index in [9.17, 15) is 19.2 Å². The minimum Gasteiger partial charge on any atom is -0.455 e. The zero-order valence-corrected chi connectivity index (χ0v) is 18.6. The Labute approximate surface area is 196 Å². The Kier molecular flexibility index (Phi) is 6.40. The molecule has 0 aromatic heterocycles. The molecule has 1 atom stereocenters. The van der Waals surface area contributed by atoms with Crippen LogP contribution in [0.3, 0.4) is 0 Å². The van der Waals surface area contributed by atoms with E-state index in [0.29, 0.717) is 17.2 Å². The van der Waals surface area contributed by atoms with E-state index in [1.54, 1.807) is 61.5 Å². The molecule has 0 saturated carbocycles. The van der Waals surface area contributed by atoms with Crippen LogP contribution in [-0.2, 0) is 14.3 Å². The molecule has 3 amide bonds. The van der Waals surface area contributed by atoms with Crippen molar-refractivity contribution < 1.29 is 28.7 Å². The van der Waals surface area contributed by atoms with E-state index in [0.717, 1.165) is 10.5 Å². The van der Waals surface area contributed by atoms with Crippen LogP contribution in [0.25, 0.3) is 0 Å². The van der Waals surface area contributed by atoms with Gasteiger partial charge in [-0.2, -0.15) is 0 Å². The fraction of sp³-hybridized carbons (Fsp3) is 0.154. The molecule has 3 aromatic carbocycles. The van der Waals surface area contributed by atoms with Crippen LogP contribution in [0.5, 0.6) is 11.5 Å². The lowest BCUT2D eigenvalue weighted by Gasteiger charge is -2.20. The summed E-state index contributed by atoms with van der Waals surface area (Å²) >= 11 is 0. The number of rotatable bonds is 7. The molecule has 8 nitrogen and oxygen atoms in total. The van der Waals surface area contributed by atoms with Gasteiger partial charge in [0.05, 0.1) is 16.8 Å². The topological polar surface area (TPSA) is 102 Å². The molecule has 0 radical (unpaired) electrons. The predicted octanol–water partition coefficient (Wildman–Crippen LogP) is 3.95. The summed E-state index contributed by atoms with van der Waals surface area (Å²) in [6, 6.07) is 19.6. The van der Waals surface area contributed by atoms with E-state index in [1.165, 1.54) is 6.92 Å². The molecule has 34 heavy (non-hydrogen) atoms. The third-order valence-electron chi connectivity index (χ3n) is 5.28. The summed E-state index contributed by atoms with van der Waals surface area (Å²) in [4.78, 5) is 51.1. The number of carbonyl (C=O) groups is 4. The van der Waals surface area contributed by atoms with E-state index in [-0.39, 0.29) is 11.1 Å². The number of nitrogens with zero attached hydrogens (tertiary/aromatic N) is 1.